The molecule has 0 aliphatic rings. The van der Waals surface area contributed by atoms with Crippen molar-refractivity contribution in [3.05, 3.63) is 41.5 Å². The van der Waals surface area contributed by atoms with Gasteiger partial charge in [0.05, 0.1) is 0 Å². The lowest BCUT2D eigenvalue weighted by atomic mass is 9.97. The van der Waals surface area contributed by atoms with Crippen LogP contribution in [0.4, 0.5) is 0 Å². The Bertz CT molecular complexity index is 465. The fourth-order valence-corrected chi connectivity index (χ4v) is 2.37. The average Bonchev–Trinajstić information content (AvgIpc) is 2.45. The van der Waals surface area contributed by atoms with Crippen molar-refractivity contribution in [3.8, 4) is 5.75 Å². The molecule has 1 rings (SSSR count). The Balaban J connectivity index is 3.32. The van der Waals surface area contributed by atoms with Crippen LogP contribution in [0, 0.1) is 0 Å². The summed E-state index contributed by atoms with van der Waals surface area (Å²) in [5.74, 6) is 0.980. The Kier molecular flexibility index (Phi) is 7.00. The molecule has 21 heavy (non-hydrogen) atoms. The van der Waals surface area contributed by atoms with E-state index in [1.54, 1.807) is 25.1 Å². The number of hydrogen-bond acceptors (Lipinski definition) is 2. The third kappa shape index (κ3) is 4.62. The number of carbonyl (C=O) groups is 1. The Labute approximate surface area is 128 Å². The summed E-state index contributed by atoms with van der Waals surface area (Å²) in [6, 6.07) is 3.95. The quantitative estimate of drug-likeness (QED) is 0.680. The molecule has 116 valence electrons. The molecule has 1 aromatic rings. The normalized spacial score (nSPS) is 10.3. The first-order valence-electron chi connectivity index (χ1n) is 7.66. The molecule has 0 saturated heterocycles. The molecule has 1 aromatic carbocycles. The largest absolute Gasteiger partial charge is 0.489 e. The molecular weight excluding hydrogens is 262 g/mol. The van der Waals surface area contributed by atoms with Crippen LogP contribution in [0.3, 0.4) is 0 Å². The molecule has 0 aliphatic heterocycles. The molecule has 0 heterocycles. The van der Waals surface area contributed by atoms with Gasteiger partial charge < -0.3 is 9.64 Å². The third-order valence-corrected chi connectivity index (χ3v) is 3.28. The lowest BCUT2D eigenvalue weighted by molar-refractivity contribution is 0.0827. The summed E-state index contributed by atoms with van der Waals surface area (Å²) in [6.45, 7) is 8.48. The number of aryl methyl sites for hydroxylation is 2. The smallest absolute Gasteiger partial charge is 0.253 e. The lowest BCUT2D eigenvalue weighted by Crippen LogP contribution is -2.22. The number of nitrogens with zero attached hydrogens (tertiary/aromatic N) is 1. The van der Waals surface area contributed by atoms with E-state index in [0.29, 0.717) is 6.61 Å². The Morgan fingerprint density at radius 3 is 2.10 bits per heavy atom. The molecule has 0 aromatic heterocycles. The maximum atomic E-state index is 12.3. The van der Waals surface area contributed by atoms with E-state index >= 15 is 0 Å². The first kappa shape index (κ1) is 17.3. The number of benzene rings is 1. The highest BCUT2D eigenvalue weighted by atomic mass is 16.5. The van der Waals surface area contributed by atoms with Crippen LogP contribution < -0.4 is 4.74 Å². The zero-order chi connectivity index (χ0) is 15.8. The molecule has 3 heteroatoms. The van der Waals surface area contributed by atoms with E-state index in [2.05, 4.69) is 20.4 Å². The Hall–Kier alpha value is -1.77. The van der Waals surface area contributed by atoms with Crippen LogP contribution >= 0.6 is 0 Å². The second kappa shape index (κ2) is 8.50. The standard InChI is InChI=1S/C18H27NO2/c1-6-9-14-12-16(18(20)19(4)5)13-15(10-7-2)17(14)21-11-8-3/h8,12-13H,3,6-7,9-11H2,1-2,4-5H3. The molecule has 0 saturated carbocycles. The summed E-state index contributed by atoms with van der Waals surface area (Å²) < 4.78 is 5.87. The summed E-state index contributed by atoms with van der Waals surface area (Å²) in [5, 5.41) is 0. The van der Waals surface area contributed by atoms with Gasteiger partial charge in [0.15, 0.2) is 0 Å². The van der Waals surface area contributed by atoms with Crippen molar-refractivity contribution in [3.63, 3.8) is 0 Å². The highest BCUT2D eigenvalue weighted by Gasteiger charge is 2.16. The fourth-order valence-electron chi connectivity index (χ4n) is 2.37. The Morgan fingerprint density at radius 1 is 1.19 bits per heavy atom. The molecular formula is C18H27NO2. The summed E-state index contributed by atoms with van der Waals surface area (Å²) in [6.07, 6.45) is 5.63. The van der Waals surface area contributed by atoms with Gasteiger partial charge in [-0.2, -0.15) is 0 Å². The molecule has 0 unspecified atom stereocenters. The minimum atomic E-state index is 0.0416. The second-order valence-electron chi connectivity index (χ2n) is 5.42. The van der Waals surface area contributed by atoms with E-state index in [0.717, 1.165) is 48.1 Å². The molecule has 0 bridgehead atoms. The van der Waals surface area contributed by atoms with Crippen LogP contribution in [0.5, 0.6) is 5.75 Å². The van der Waals surface area contributed by atoms with Gasteiger partial charge in [-0.3, -0.25) is 4.79 Å². The van der Waals surface area contributed by atoms with E-state index in [-0.39, 0.29) is 5.91 Å². The van der Waals surface area contributed by atoms with Crippen molar-refractivity contribution >= 4 is 5.91 Å². The first-order chi connectivity index (χ1) is 10.0. The fraction of sp³-hybridized carbons (Fsp3) is 0.500. The lowest BCUT2D eigenvalue weighted by Gasteiger charge is -2.18. The zero-order valence-corrected chi connectivity index (χ0v) is 13.7. The molecule has 0 aliphatic carbocycles. The van der Waals surface area contributed by atoms with Gasteiger partial charge in [-0.15, -0.1) is 0 Å². The molecule has 0 atom stereocenters. The van der Waals surface area contributed by atoms with Crippen molar-refractivity contribution < 1.29 is 9.53 Å². The SMILES string of the molecule is C=CCOc1c(CCC)cc(C(=O)N(C)C)cc1CCC. The van der Waals surface area contributed by atoms with E-state index in [1.165, 1.54) is 0 Å². The van der Waals surface area contributed by atoms with Crippen LogP contribution in [0.2, 0.25) is 0 Å². The molecule has 0 spiro atoms. The number of hydrogen-bond donors (Lipinski definition) is 0. The summed E-state index contributed by atoms with van der Waals surface area (Å²) in [5.41, 5.74) is 2.99. The molecule has 1 amide bonds. The van der Waals surface area contributed by atoms with Gasteiger partial charge >= 0.3 is 0 Å². The average molecular weight is 289 g/mol. The van der Waals surface area contributed by atoms with Gasteiger partial charge in [-0.25, -0.2) is 0 Å². The van der Waals surface area contributed by atoms with Gasteiger partial charge in [-0.1, -0.05) is 39.3 Å². The van der Waals surface area contributed by atoms with Crippen molar-refractivity contribution in [1.29, 1.82) is 0 Å². The number of carbonyl (C=O) groups excluding carboxylic acids is 1. The molecule has 3 nitrogen and oxygen atoms in total. The predicted molar refractivity (Wildman–Crippen MR) is 88.1 cm³/mol. The van der Waals surface area contributed by atoms with Gasteiger partial charge in [0.25, 0.3) is 5.91 Å². The molecule has 0 N–H and O–H groups in total. The van der Waals surface area contributed by atoms with Crippen molar-refractivity contribution in [1.82, 2.24) is 4.90 Å². The molecule has 0 radical (unpaired) electrons. The van der Waals surface area contributed by atoms with Crippen LogP contribution in [0.25, 0.3) is 0 Å². The number of amides is 1. The topological polar surface area (TPSA) is 29.5 Å². The van der Waals surface area contributed by atoms with E-state index in [4.69, 9.17) is 4.74 Å². The van der Waals surface area contributed by atoms with Crippen molar-refractivity contribution in [2.24, 2.45) is 0 Å². The van der Waals surface area contributed by atoms with E-state index < -0.39 is 0 Å². The van der Waals surface area contributed by atoms with Gasteiger partial charge in [0, 0.05) is 19.7 Å². The summed E-state index contributed by atoms with van der Waals surface area (Å²) in [7, 11) is 3.56. The maximum absolute atomic E-state index is 12.3. The monoisotopic (exact) mass is 289 g/mol. The minimum absolute atomic E-state index is 0.0416. The van der Waals surface area contributed by atoms with Crippen LogP contribution in [0.15, 0.2) is 24.8 Å². The van der Waals surface area contributed by atoms with Crippen LogP contribution in [0.1, 0.15) is 48.2 Å². The van der Waals surface area contributed by atoms with E-state index in [1.807, 2.05) is 12.1 Å². The number of rotatable bonds is 8. The van der Waals surface area contributed by atoms with Crippen LogP contribution in [-0.2, 0) is 12.8 Å². The third-order valence-electron chi connectivity index (χ3n) is 3.28. The Morgan fingerprint density at radius 2 is 1.71 bits per heavy atom. The van der Waals surface area contributed by atoms with Crippen molar-refractivity contribution in [2.45, 2.75) is 39.5 Å². The minimum Gasteiger partial charge on any atom is -0.489 e. The summed E-state index contributed by atoms with van der Waals surface area (Å²) >= 11 is 0. The zero-order valence-electron chi connectivity index (χ0n) is 13.7. The number of ether oxygens (including phenoxy) is 1. The predicted octanol–water partition coefficient (Wildman–Crippen LogP) is 3.86. The highest BCUT2D eigenvalue weighted by molar-refractivity contribution is 5.94. The summed E-state index contributed by atoms with van der Waals surface area (Å²) in [4.78, 5) is 13.9. The van der Waals surface area contributed by atoms with E-state index in [9.17, 15) is 4.79 Å². The second-order valence-corrected chi connectivity index (χ2v) is 5.42. The van der Waals surface area contributed by atoms with Crippen LogP contribution in [-0.4, -0.2) is 31.5 Å². The van der Waals surface area contributed by atoms with Crippen molar-refractivity contribution in [2.75, 3.05) is 20.7 Å². The maximum Gasteiger partial charge on any atom is 0.253 e. The van der Waals surface area contributed by atoms with Gasteiger partial charge in [0.1, 0.15) is 12.4 Å². The first-order valence-corrected chi connectivity index (χ1v) is 7.66. The van der Waals surface area contributed by atoms with Gasteiger partial charge in [0.2, 0.25) is 0 Å². The van der Waals surface area contributed by atoms with Gasteiger partial charge in [-0.05, 0) is 36.1 Å². The highest BCUT2D eigenvalue weighted by Crippen LogP contribution is 2.29. The molecule has 0 fully saturated rings.